The first-order chi connectivity index (χ1) is 13.9. The average Bonchev–Trinajstić information content (AvgIpc) is 2.68. The van der Waals surface area contributed by atoms with E-state index in [0.717, 1.165) is 6.07 Å². The van der Waals surface area contributed by atoms with Crippen LogP contribution >= 0.6 is 0 Å². The number of methoxy groups -OCH3 is 1. The number of hydrogen-bond donors (Lipinski definition) is 1. The highest BCUT2D eigenvalue weighted by Gasteiger charge is 2.15. The molecule has 3 aromatic rings. The maximum absolute atomic E-state index is 13.2. The molecule has 0 unspecified atom stereocenters. The third-order valence-corrected chi connectivity index (χ3v) is 5.05. The van der Waals surface area contributed by atoms with Crippen LogP contribution in [-0.2, 0) is 15.9 Å². The van der Waals surface area contributed by atoms with Gasteiger partial charge in [0.1, 0.15) is 23.1 Å². The fourth-order valence-corrected chi connectivity index (χ4v) is 3.68. The van der Waals surface area contributed by atoms with Crippen molar-refractivity contribution >= 4 is 21.7 Å². The summed E-state index contributed by atoms with van der Waals surface area (Å²) in [7, 11) is -2.49. The maximum atomic E-state index is 13.2. The van der Waals surface area contributed by atoms with Crippen molar-refractivity contribution < 1.29 is 26.5 Å². The van der Waals surface area contributed by atoms with E-state index in [4.69, 9.17) is 8.92 Å². The van der Waals surface area contributed by atoms with Crippen molar-refractivity contribution in [2.75, 3.05) is 12.4 Å². The monoisotopic (exact) mass is 415 g/mol. The minimum absolute atomic E-state index is 0.0803. The molecule has 0 bridgehead atoms. The summed E-state index contributed by atoms with van der Waals surface area (Å²) in [6.07, 6.45) is 0. The lowest BCUT2D eigenvalue weighted by molar-refractivity contribution is 0.102. The number of benzene rings is 3. The fourth-order valence-electron chi connectivity index (χ4n) is 2.63. The van der Waals surface area contributed by atoms with Gasteiger partial charge in [-0.05, 0) is 54.1 Å². The van der Waals surface area contributed by atoms with Gasteiger partial charge in [0, 0.05) is 5.69 Å². The van der Waals surface area contributed by atoms with Crippen molar-refractivity contribution in [1.29, 1.82) is 0 Å². The van der Waals surface area contributed by atoms with Crippen LogP contribution in [0.25, 0.3) is 0 Å². The molecule has 1 N–H and O–H groups in total. The Morgan fingerprint density at radius 2 is 1.72 bits per heavy atom. The van der Waals surface area contributed by atoms with Crippen LogP contribution in [0.5, 0.6) is 11.5 Å². The van der Waals surface area contributed by atoms with Crippen LogP contribution in [0.1, 0.15) is 15.9 Å². The van der Waals surface area contributed by atoms with Gasteiger partial charge in [0.2, 0.25) is 0 Å². The number of para-hydroxylation sites is 1. The highest BCUT2D eigenvalue weighted by molar-refractivity contribution is 7.86. The molecule has 29 heavy (non-hydrogen) atoms. The molecule has 0 aliphatic heterocycles. The third kappa shape index (κ3) is 5.55. The molecular formula is C21H18FNO5S. The summed E-state index contributed by atoms with van der Waals surface area (Å²) in [6.45, 7) is 0. The van der Waals surface area contributed by atoms with Crippen LogP contribution in [0.2, 0.25) is 0 Å². The summed E-state index contributed by atoms with van der Waals surface area (Å²) >= 11 is 0. The number of ether oxygens (including phenoxy) is 1. The number of halogens is 1. The number of nitrogens with one attached hydrogen (secondary N) is 1. The van der Waals surface area contributed by atoms with Crippen LogP contribution in [0, 0.1) is 5.82 Å². The number of rotatable bonds is 7. The molecule has 0 aromatic heterocycles. The first kappa shape index (κ1) is 20.3. The van der Waals surface area contributed by atoms with Gasteiger partial charge in [-0.15, -0.1) is 0 Å². The van der Waals surface area contributed by atoms with Crippen LogP contribution in [-0.4, -0.2) is 21.4 Å². The summed E-state index contributed by atoms with van der Waals surface area (Å²) in [6, 6.07) is 17.9. The topological polar surface area (TPSA) is 81.7 Å². The molecule has 8 heteroatoms. The number of anilines is 1. The Balaban J connectivity index is 1.66. The van der Waals surface area contributed by atoms with Crippen molar-refractivity contribution in [2.24, 2.45) is 0 Å². The van der Waals surface area contributed by atoms with Gasteiger partial charge in [-0.1, -0.05) is 24.3 Å². The highest BCUT2D eigenvalue weighted by atomic mass is 32.2. The number of carbonyl (C=O) groups excluding carboxylic acids is 1. The first-order valence-corrected chi connectivity index (χ1v) is 10.1. The summed E-state index contributed by atoms with van der Waals surface area (Å²) in [5.41, 5.74) is 1.11. The quantitative estimate of drug-likeness (QED) is 0.590. The van der Waals surface area contributed by atoms with E-state index in [1.807, 2.05) is 0 Å². The molecule has 0 fully saturated rings. The molecule has 1 amide bonds. The van der Waals surface area contributed by atoms with Gasteiger partial charge in [0.15, 0.2) is 0 Å². The number of hydrogen-bond acceptors (Lipinski definition) is 5. The molecular weight excluding hydrogens is 397 g/mol. The van der Waals surface area contributed by atoms with Crippen molar-refractivity contribution in [3.05, 3.63) is 89.7 Å². The SMILES string of the molecule is COc1ccccc1C(=O)Nc1ccc(OS(=O)(=O)Cc2cccc(F)c2)cc1. The number of amides is 1. The van der Waals surface area contributed by atoms with Gasteiger partial charge in [-0.25, -0.2) is 4.39 Å². The smallest absolute Gasteiger partial charge is 0.313 e. The van der Waals surface area contributed by atoms with E-state index in [0.29, 0.717) is 17.0 Å². The van der Waals surface area contributed by atoms with Gasteiger partial charge >= 0.3 is 10.1 Å². The van der Waals surface area contributed by atoms with Gasteiger partial charge in [0.05, 0.1) is 12.7 Å². The Labute approximate surface area is 168 Å². The van der Waals surface area contributed by atoms with Crippen LogP contribution in [0.4, 0.5) is 10.1 Å². The van der Waals surface area contributed by atoms with Crippen LogP contribution in [0.3, 0.4) is 0 Å². The molecule has 3 aromatic carbocycles. The summed E-state index contributed by atoms with van der Waals surface area (Å²) in [5.74, 6) is -0.829. The Bertz CT molecular complexity index is 1110. The Kier molecular flexibility index (Phi) is 6.13. The van der Waals surface area contributed by atoms with Crippen molar-refractivity contribution in [3.63, 3.8) is 0 Å². The minimum Gasteiger partial charge on any atom is -0.496 e. The minimum atomic E-state index is -3.96. The lowest BCUT2D eigenvalue weighted by atomic mass is 10.2. The maximum Gasteiger partial charge on any atom is 0.313 e. The zero-order chi connectivity index (χ0) is 20.9. The molecule has 0 saturated carbocycles. The van der Waals surface area contributed by atoms with Crippen LogP contribution in [0.15, 0.2) is 72.8 Å². The Hall–Kier alpha value is -3.39. The molecule has 0 saturated heterocycles. The second kappa shape index (κ2) is 8.74. The van der Waals surface area contributed by atoms with Crippen molar-refractivity contribution in [3.8, 4) is 11.5 Å². The molecule has 6 nitrogen and oxygen atoms in total. The second-order valence-corrected chi connectivity index (χ2v) is 7.66. The lowest BCUT2D eigenvalue weighted by Gasteiger charge is -2.10. The van der Waals surface area contributed by atoms with Crippen molar-refractivity contribution in [1.82, 2.24) is 0 Å². The summed E-state index contributed by atoms with van der Waals surface area (Å²) in [4.78, 5) is 12.4. The van der Waals surface area contributed by atoms with Gasteiger partial charge in [-0.2, -0.15) is 8.42 Å². The highest BCUT2D eigenvalue weighted by Crippen LogP contribution is 2.22. The Morgan fingerprint density at radius 3 is 2.41 bits per heavy atom. The molecule has 0 heterocycles. The normalized spacial score (nSPS) is 11.0. The number of carbonyl (C=O) groups is 1. The summed E-state index contributed by atoms with van der Waals surface area (Å²) < 4.78 is 47.8. The molecule has 0 aliphatic carbocycles. The standard InChI is InChI=1S/C21H18FNO5S/c1-27-20-8-3-2-7-19(20)21(24)23-17-9-11-18(12-10-17)28-29(25,26)14-15-5-4-6-16(22)13-15/h2-13H,14H2,1H3,(H,23,24). The van der Waals surface area contributed by atoms with E-state index in [1.54, 1.807) is 24.3 Å². The predicted molar refractivity (Wildman–Crippen MR) is 107 cm³/mol. The van der Waals surface area contributed by atoms with Gasteiger partial charge < -0.3 is 14.2 Å². The van der Waals surface area contributed by atoms with E-state index < -0.39 is 21.7 Å². The van der Waals surface area contributed by atoms with E-state index in [9.17, 15) is 17.6 Å². The zero-order valence-corrected chi connectivity index (χ0v) is 16.3. The average molecular weight is 415 g/mol. The molecule has 0 radical (unpaired) electrons. The molecule has 0 atom stereocenters. The van der Waals surface area contributed by atoms with E-state index in [1.165, 1.54) is 49.6 Å². The predicted octanol–water partition coefficient (Wildman–Crippen LogP) is 4.00. The van der Waals surface area contributed by atoms with Crippen LogP contribution < -0.4 is 14.2 Å². The Morgan fingerprint density at radius 1 is 1.00 bits per heavy atom. The van der Waals surface area contributed by atoms with Gasteiger partial charge in [0.25, 0.3) is 5.91 Å². The fraction of sp³-hybridized carbons (Fsp3) is 0.0952. The lowest BCUT2D eigenvalue weighted by Crippen LogP contribution is -2.14. The molecule has 0 spiro atoms. The van der Waals surface area contributed by atoms with E-state index >= 15 is 0 Å². The molecule has 150 valence electrons. The summed E-state index contributed by atoms with van der Waals surface area (Å²) in [5, 5.41) is 2.70. The second-order valence-electron chi connectivity index (χ2n) is 6.09. The first-order valence-electron chi connectivity index (χ1n) is 8.57. The van der Waals surface area contributed by atoms with Crippen molar-refractivity contribution in [2.45, 2.75) is 5.75 Å². The molecule has 3 rings (SSSR count). The molecule has 0 aliphatic rings. The van der Waals surface area contributed by atoms with E-state index in [2.05, 4.69) is 5.32 Å². The van der Waals surface area contributed by atoms with E-state index in [-0.39, 0.29) is 17.2 Å². The van der Waals surface area contributed by atoms with Gasteiger partial charge in [-0.3, -0.25) is 4.79 Å². The third-order valence-electron chi connectivity index (χ3n) is 3.92. The zero-order valence-electron chi connectivity index (χ0n) is 15.5. The largest absolute Gasteiger partial charge is 0.496 e.